The van der Waals surface area contributed by atoms with Gasteiger partial charge < -0.3 is 24.3 Å². The Hall–Kier alpha value is -3.81. The number of rotatable bonds is 7. The largest absolute Gasteiger partial charge is 0.465 e. The van der Waals surface area contributed by atoms with Gasteiger partial charge in [-0.3, -0.25) is 4.79 Å². The molecule has 0 atom stereocenters. The maximum absolute atomic E-state index is 11.8. The summed E-state index contributed by atoms with van der Waals surface area (Å²) in [5, 5.41) is 2.66. The predicted molar refractivity (Wildman–Crippen MR) is 102 cm³/mol. The van der Waals surface area contributed by atoms with Crippen LogP contribution in [-0.4, -0.2) is 38.4 Å². The Morgan fingerprint density at radius 2 is 1.83 bits per heavy atom. The van der Waals surface area contributed by atoms with Gasteiger partial charge in [-0.1, -0.05) is 18.2 Å². The first-order valence-corrected chi connectivity index (χ1v) is 8.73. The smallest absolute Gasteiger partial charge is 0.337 e. The SMILES string of the molecule is COC(=O)c1ccc(/C=C/C(=O)OCC(=O)NCc2ccc3c(c2)OCO3)cc1. The lowest BCUT2D eigenvalue weighted by molar-refractivity contribution is -0.143. The summed E-state index contributed by atoms with van der Waals surface area (Å²) < 4.78 is 20.0. The van der Waals surface area contributed by atoms with Gasteiger partial charge in [-0.2, -0.15) is 0 Å². The van der Waals surface area contributed by atoms with Crippen LogP contribution >= 0.6 is 0 Å². The molecule has 0 spiro atoms. The summed E-state index contributed by atoms with van der Waals surface area (Å²) >= 11 is 0. The molecule has 1 aliphatic rings. The van der Waals surface area contributed by atoms with Gasteiger partial charge in [0.25, 0.3) is 5.91 Å². The molecule has 8 heteroatoms. The van der Waals surface area contributed by atoms with Crippen LogP contribution < -0.4 is 14.8 Å². The average molecular weight is 397 g/mol. The molecule has 8 nitrogen and oxygen atoms in total. The van der Waals surface area contributed by atoms with Gasteiger partial charge in [0, 0.05) is 12.6 Å². The second-order valence-electron chi connectivity index (χ2n) is 6.02. The molecule has 150 valence electrons. The quantitative estimate of drug-likeness (QED) is 0.564. The Morgan fingerprint density at radius 3 is 2.59 bits per heavy atom. The van der Waals surface area contributed by atoms with Gasteiger partial charge in [0.1, 0.15) is 0 Å². The Kier molecular flexibility index (Phi) is 6.47. The number of fused-ring (bicyclic) bond motifs is 1. The number of ether oxygens (including phenoxy) is 4. The summed E-state index contributed by atoms with van der Waals surface area (Å²) in [7, 11) is 1.30. The predicted octanol–water partition coefficient (Wildman–Crippen LogP) is 2.07. The highest BCUT2D eigenvalue weighted by molar-refractivity contribution is 5.91. The van der Waals surface area contributed by atoms with Crippen molar-refractivity contribution in [1.82, 2.24) is 5.32 Å². The Labute approximate surface area is 167 Å². The first kappa shape index (κ1) is 19.9. The lowest BCUT2D eigenvalue weighted by atomic mass is 10.1. The van der Waals surface area contributed by atoms with E-state index in [9.17, 15) is 14.4 Å². The highest BCUT2D eigenvalue weighted by atomic mass is 16.7. The third-order valence-corrected chi connectivity index (χ3v) is 4.02. The van der Waals surface area contributed by atoms with Gasteiger partial charge in [-0.15, -0.1) is 0 Å². The molecule has 1 heterocycles. The van der Waals surface area contributed by atoms with E-state index >= 15 is 0 Å². The number of hydrogen-bond donors (Lipinski definition) is 1. The monoisotopic (exact) mass is 397 g/mol. The zero-order valence-electron chi connectivity index (χ0n) is 15.7. The van der Waals surface area contributed by atoms with Crippen LogP contribution in [0.5, 0.6) is 11.5 Å². The zero-order chi connectivity index (χ0) is 20.6. The number of methoxy groups -OCH3 is 1. The van der Waals surface area contributed by atoms with Crippen LogP contribution in [-0.2, 0) is 25.6 Å². The highest BCUT2D eigenvalue weighted by Crippen LogP contribution is 2.32. The third-order valence-electron chi connectivity index (χ3n) is 4.02. The van der Waals surface area contributed by atoms with Crippen molar-refractivity contribution in [3.8, 4) is 11.5 Å². The molecule has 0 radical (unpaired) electrons. The summed E-state index contributed by atoms with van der Waals surface area (Å²) in [6.45, 7) is 0.0639. The molecule has 29 heavy (non-hydrogen) atoms. The van der Waals surface area contributed by atoms with Crippen LogP contribution in [0.2, 0.25) is 0 Å². The van der Waals surface area contributed by atoms with Gasteiger partial charge in [0.15, 0.2) is 18.1 Å². The Morgan fingerprint density at radius 1 is 1.07 bits per heavy atom. The van der Waals surface area contributed by atoms with Crippen molar-refractivity contribution in [3.05, 3.63) is 65.2 Å². The van der Waals surface area contributed by atoms with E-state index in [2.05, 4.69) is 10.1 Å². The van der Waals surface area contributed by atoms with Crippen molar-refractivity contribution in [2.45, 2.75) is 6.54 Å². The summed E-state index contributed by atoms with van der Waals surface area (Å²) in [6, 6.07) is 11.9. The summed E-state index contributed by atoms with van der Waals surface area (Å²) in [4.78, 5) is 35.0. The number of hydrogen-bond acceptors (Lipinski definition) is 7. The van der Waals surface area contributed by atoms with E-state index in [0.29, 0.717) is 22.6 Å². The van der Waals surface area contributed by atoms with E-state index in [0.717, 1.165) is 5.56 Å². The maximum atomic E-state index is 11.8. The van der Waals surface area contributed by atoms with E-state index in [-0.39, 0.29) is 13.3 Å². The summed E-state index contributed by atoms with van der Waals surface area (Å²) in [5.41, 5.74) is 1.94. The van der Waals surface area contributed by atoms with Gasteiger partial charge >= 0.3 is 11.9 Å². The topological polar surface area (TPSA) is 100 Å². The molecule has 0 saturated heterocycles. The molecule has 3 rings (SSSR count). The lowest BCUT2D eigenvalue weighted by Crippen LogP contribution is -2.28. The van der Waals surface area contributed by atoms with E-state index in [1.165, 1.54) is 19.3 Å². The summed E-state index contributed by atoms with van der Waals surface area (Å²) in [6.07, 6.45) is 2.73. The van der Waals surface area contributed by atoms with Crippen molar-refractivity contribution in [1.29, 1.82) is 0 Å². The number of esters is 2. The molecule has 2 aromatic rings. The minimum absolute atomic E-state index is 0.185. The van der Waals surface area contributed by atoms with Gasteiger partial charge in [0.05, 0.1) is 12.7 Å². The van der Waals surface area contributed by atoms with Crippen molar-refractivity contribution in [3.63, 3.8) is 0 Å². The molecular formula is C21H19NO7. The average Bonchev–Trinajstić information content (AvgIpc) is 3.22. The minimum Gasteiger partial charge on any atom is -0.465 e. The number of benzene rings is 2. The fourth-order valence-electron chi connectivity index (χ4n) is 2.50. The van der Waals surface area contributed by atoms with Crippen molar-refractivity contribution in [2.75, 3.05) is 20.5 Å². The normalized spacial score (nSPS) is 11.9. The van der Waals surface area contributed by atoms with Crippen LogP contribution in [0, 0.1) is 0 Å². The lowest BCUT2D eigenvalue weighted by Gasteiger charge is -2.06. The first-order chi connectivity index (χ1) is 14.0. The molecular weight excluding hydrogens is 378 g/mol. The molecule has 0 aliphatic carbocycles. The molecule has 0 bridgehead atoms. The van der Waals surface area contributed by atoms with Crippen LogP contribution in [0.4, 0.5) is 0 Å². The van der Waals surface area contributed by atoms with Crippen LogP contribution in [0.3, 0.4) is 0 Å². The van der Waals surface area contributed by atoms with Gasteiger partial charge in [-0.05, 0) is 41.5 Å². The Bertz CT molecular complexity index is 935. The second-order valence-corrected chi connectivity index (χ2v) is 6.02. The van der Waals surface area contributed by atoms with Crippen molar-refractivity contribution in [2.24, 2.45) is 0 Å². The fourth-order valence-corrected chi connectivity index (χ4v) is 2.50. The van der Waals surface area contributed by atoms with Gasteiger partial charge in [-0.25, -0.2) is 9.59 Å². The van der Waals surface area contributed by atoms with E-state index in [1.54, 1.807) is 36.4 Å². The van der Waals surface area contributed by atoms with Crippen LogP contribution in [0.1, 0.15) is 21.5 Å². The molecule has 1 N–H and O–H groups in total. The van der Waals surface area contributed by atoms with E-state index in [4.69, 9.17) is 14.2 Å². The molecule has 2 aromatic carbocycles. The Balaban J connectivity index is 1.41. The number of amides is 1. The second kappa shape index (κ2) is 9.41. The molecule has 1 aliphatic heterocycles. The van der Waals surface area contributed by atoms with Gasteiger partial charge in [0.2, 0.25) is 6.79 Å². The zero-order valence-corrected chi connectivity index (χ0v) is 15.7. The molecule has 0 aromatic heterocycles. The molecule has 1 amide bonds. The maximum Gasteiger partial charge on any atom is 0.337 e. The molecule has 0 fully saturated rings. The minimum atomic E-state index is -0.653. The summed E-state index contributed by atoms with van der Waals surface area (Å²) in [5.74, 6) is -0.215. The van der Waals surface area contributed by atoms with E-state index < -0.39 is 24.5 Å². The number of carbonyl (C=O) groups is 3. The standard InChI is InChI=1S/C21H19NO7/c1-26-21(25)16-6-2-14(3-7-16)5-9-20(24)27-12-19(23)22-11-15-4-8-17-18(10-15)29-13-28-17/h2-10H,11-13H2,1H3,(H,22,23)/b9-5+. The molecule has 0 unspecified atom stereocenters. The van der Waals surface area contributed by atoms with Crippen molar-refractivity contribution >= 4 is 23.9 Å². The first-order valence-electron chi connectivity index (χ1n) is 8.73. The third kappa shape index (κ3) is 5.58. The highest BCUT2D eigenvalue weighted by Gasteiger charge is 2.13. The van der Waals surface area contributed by atoms with E-state index in [1.807, 2.05) is 6.07 Å². The number of nitrogens with one attached hydrogen (secondary N) is 1. The van der Waals surface area contributed by atoms with Crippen molar-refractivity contribution < 1.29 is 33.3 Å². The molecule has 0 saturated carbocycles. The van der Waals surface area contributed by atoms with Crippen LogP contribution in [0.15, 0.2) is 48.5 Å². The number of carbonyl (C=O) groups excluding carboxylic acids is 3. The fraction of sp³-hybridized carbons (Fsp3) is 0.190. The van der Waals surface area contributed by atoms with Crippen LogP contribution in [0.25, 0.3) is 6.08 Å².